The summed E-state index contributed by atoms with van der Waals surface area (Å²) >= 11 is 3.42. The van der Waals surface area contributed by atoms with Gasteiger partial charge in [0.2, 0.25) is 0 Å². The maximum absolute atomic E-state index is 10.5. The Balaban J connectivity index is 2.06. The zero-order chi connectivity index (χ0) is 15.0. The average Bonchev–Trinajstić information content (AvgIpc) is 2.68. The van der Waals surface area contributed by atoms with Crippen LogP contribution in [0.5, 0.6) is 17.2 Å². The number of hydrogen-bond donors (Lipinski definition) is 2. The predicted molar refractivity (Wildman–Crippen MR) is 83.9 cm³/mol. The van der Waals surface area contributed by atoms with Crippen LogP contribution in [-0.2, 0) is 0 Å². The van der Waals surface area contributed by atoms with Crippen molar-refractivity contribution in [2.45, 2.75) is 18.9 Å². The zero-order valence-corrected chi connectivity index (χ0v) is 13.7. The molecule has 1 fully saturated rings. The third-order valence-corrected chi connectivity index (χ3v) is 4.91. The molecule has 2 aliphatic heterocycles. The van der Waals surface area contributed by atoms with Crippen molar-refractivity contribution in [3.05, 3.63) is 16.1 Å². The van der Waals surface area contributed by atoms with E-state index in [-0.39, 0.29) is 11.8 Å². The van der Waals surface area contributed by atoms with Crippen LogP contribution in [0.4, 0.5) is 0 Å². The van der Waals surface area contributed by atoms with E-state index in [4.69, 9.17) is 15.2 Å². The Labute approximate surface area is 133 Å². The van der Waals surface area contributed by atoms with Gasteiger partial charge in [-0.3, -0.25) is 4.90 Å². The van der Waals surface area contributed by atoms with E-state index in [1.807, 2.05) is 0 Å². The van der Waals surface area contributed by atoms with Crippen molar-refractivity contribution in [1.29, 1.82) is 0 Å². The van der Waals surface area contributed by atoms with Gasteiger partial charge in [0, 0.05) is 25.1 Å². The summed E-state index contributed by atoms with van der Waals surface area (Å²) in [4.78, 5) is 2.23. The number of phenolic OH excluding ortho intramolecular Hbond substituents is 1. The average molecular weight is 357 g/mol. The van der Waals surface area contributed by atoms with Crippen LogP contribution in [0, 0.1) is 5.92 Å². The monoisotopic (exact) mass is 356 g/mol. The summed E-state index contributed by atoms with van der Waals surface area (Å²) < 4.78 is 12.3. The molecule has 2 unspecified atom stereocenters. The van der Waals surface area contributed by atoms with Gasteiger partial charge in [0.25, 0.3) is 0 Å². The lowest BCUT2D eigenvalue weighted by Gasteiger charge is -2.24. The molecular formula is C15H21BrN2O3. The summed E-state index contributed by atoms with van der Waals surface area (Å²) in [7, 11) is 2.06. The number of halogens is 1. The molecular weight excluding hydrogens is 336 g/mol. The van der Waals surface area contributed by atoms with Crippen LogP contribution in [0.1, 0.15) is 24.4 Å². The van der Waals surface area contributed by atoms with Crippen LogP contribution in [0.3, 0.4) is 0 Å². The molecule has 1 aromatic carbocycles. The number of benzene rings is 1. The zero-order valence-electron chi connectivity index (χ0n) is 12.1. The highest BCUT2D eigenvalue weighted by atomic mass is 79.9. The standard InChI is InChI=1S/C15H21BrN2O3/c1-18-8-9(7-17)5-11(18)13-14(19)10(16)6-12-15(13)21-4-2-3-20-12/h6,9,11,19H,2-5,7-8,17H2,1H3. The van der Waals surface area contributed by atoms with Crippen molar-refractivity contribution < 1.29 is 14.6 Å². The molecule has 0 aliphatic carbocycles. The van der Waals surface area contributed by atoms with E-state index in [1.165, 1.54) is 0 Å². The van der Waals surface area contributed by atoms with Crippen LogP contribution < -0.4 is 15.2 Å². The van der Waals surface area contributed by atoms with Crippen molar-refractivity contribution in [3.8, 4) is 17.2 Å². The van der Waals surface area contributed by atoms with Gasteiger partial charge in [-0.25, -0.2) is 0 Å². The molecule has 0 amide bonds. The van der Waals surface area contributed by atoms with Gasteiger partial charge in [-0.2, -0.15) is 0 Å². The van der Waals surface area contributed by atoms with E-state index in [0.29, 0.717) is 41.6 Å². The highest BCUT2D eigenvalue weighted by Crippen LogP contribution is 2.50. The number of nitrogens with two attached hydrogens (primary N) is 1. The second-order valence-corrected chi connectivity index (χ2v) is 6.65. The van der Waals surface area contributed by atoms with E-state index >= 15 is 0 Å². The minimum atomic E-state index is 0.103. The lowest BCUT2D eigenvalue weighted by molar-refractivity contribution is 0.276. The molecule has 2 heterocycles. The van der Waals surface area contributed by atoms with Crippen molar-refractivity contribution in [3.63, 3.8) is 0 Å². The van der Waals surface area contributed by atoms with Crippen LogP contribution in [0.25, 0.3) is 0 Å². The van der Waals surface area contributed by atoms with Crippen LogP contribution in [-0.4, -0.2) is 43.4 Å². The number of ether oxygens (including phenoxy) is 2. The first kappa shape index (κ1) is 14.9. The van der Waals surface area contributed by atoms with Crippen molar-refractivity contribution >= 4 is 15.9 Å². The summed E-state index contributed by atoms with van der Waals surface area (Å²) in [6, 6.07) is 1.89. The summed E-state index contributed by atoms with van der Waals surface area (Å²) in [5.74, 6) is 2.08. The maximum atomic E-state index is 10.5. The summed E-state index contributed by atoms with van der Waals surface area (Å²) in [5, 5.41) is 10.5. The first-order valence-corrected chi connectivity index (χ1v) is 8.12. The maximum Gasteiger partial charge on any atom is 0.169 e. The van der Waals surface area contributed by atoms with Gasteiger partial charge in [0.05, 0.1) is 23.2 Å². The molecule has 0 radical (unpaired) electrons. The summed E-state index contributed by atoms with van der Waals surface area (Å²) in [5.41, 5.74) is 6.63. The second-order valence-electron chi connectivity index (χ2n) is 5.79. The molecule has 0 aromatic heterocycles. The van der Waals surface area contributed by atoms with E-state index in [2.05, 4.69) is 27.9 Å². The molecule has 0 saturated carbocycles. The molecule has 3 N–H and O–H groups in total. The molecule has 3 rings (SSSR count). The van der Waals surface area contributed by atoms with E-state index in [9.17, 15) is 5.11 Å². The van der Waals surface area contributed by atoms with Gasteiger partial charge >= 0.3 is 0 Å². The normalized spacial score (nSPS) is 25.9. The fourth-order valence-corrected chi connectivity index (χ4v) is 3.63. The Morgan fingerprint density at radius 1 is 1.43 bits per heavy atom. The minimum Gasteiger partial charge on any atom is -0.506 e. The van der Waals surface area contributed by atoms with Gasteiger partial charge in [-0.15, -0.1) is 0 Å². The Bertz CT molecular complexity index is 538. The quantitative estimate of drug-likeness (QED) is 0.850. The number of nitrogens with zero attached hydrogens (tertiary/aromatic N) is 1. The number of phenols is 1. The van der Waals surface area contributed by atoms with Gasteiger partial charge in [0.1, 0.15) is 5.75 Å². The van der Waals surface area contributed by atoms with Crippen LogP contribution in [0.15, 0.2) is 10.5 Å². The second kappa shape index (κ2) is 6.02. The van der Waals surface area contributed by atoms with Gasteiger partial charge in [-0.1, -0.05) is 0 Å². The number of aromatic hydroxyl groups is 1. The summed E-state index contributed by atoms with van der Waals surface area (Å²) in [6.45, 7) is 2.84. The fraction of sp³-hybridized carbons (Fsp3) is 0.600. The highest BCUT2D eigenvalue weighted by molar-refractivity contribution is 9.10. The van der Waals surface area contributed by atoms with E-state index in [0.717, 1.165) is 24.9 Å². The molecule has 1 aromatic rings. The minimum absolute atomic E-state index is 0.103. The lowest BCUT2D eigenvalue weighted by Crippen LogP contribution is -2.21. The Hall–Kier alpha value is -0.980. The number of hydrogen-bond acceptors (Lipinski definition) is 5. The Morgan fingerprint density at radius 2 is 2.19 bits per heavy atom. The largest absolute Gasteiger partial charge is 0.506 e. The molecule has 2 atom stereocenters. The van der Waals surface area contributed by atoms with Crippen molar-refractivity contribution in [2.75, 3.05) is 33.4 Å². The van der Waals surface area contributed by atoms with Gasteiger partial charge < -0.3 is 20.3 Å². The smallest absolute Gasteiger partial charge is 0.169 e. The molecule has 0 spiro atoms. The topological polar surface area (TPSA) is 68.0 Å². The summed E-state index contributed by atoms with van der Waals surface area (Å²) in [6.07, 6.45) is 1.77. The predicted octanol–water partition coefficient (Wildman–Crippen LogP) is 2.27. The fourth-order valence-electron chi connectivity index (χ4n) is 3.21. The number of rotatable bonds is 2. The lowest BCUT2D eigenvalue weighted by atomic mass is 9.98. The molecule has 6 heteroatoms. The van der Waals surface area contributed by atoms with Crippen molar-refractivity contribution in [2.24, 2.45) is 11.7 Å². The van der Waals surface area contributed by atoms with E-state index in [1.54, 1.807) is 6.07 Å². The third kappa shape index (κ3) is 2.72. The first-order chi connectivity index (χ1) is 10.1. The van der Waals surface area contributed by atoms with E-state index < -0.39 is 0 Å². The van der Waals surface area contributed by atoms with Crippen molar-refractivity contribution in [1.82, 2.24) is 4.90 Å². The number of fused-ring (bicyclic) bond motifs is 1. The highest BCUT2D eigenvalue weighted by Gasteiger charge is 2.36. The van der Waals surface area contributed by atoms with Crippen LogP contribution in [0.2, 0.25) is 0 Å². The van der Waals surface area contributed by atoms with Gasteiger partial charge in [-0.05, 0) is 41.9 Å². The molecule has 5 nitrogen and oxygen atoms in total. The molecule has 2 aliphatic rings. The Kier molecular flexibility index (Phi) is 4.28. The number of likely N-dealkylation sites (tertiary alicyclic amines) is 1. The first-order valence-electron chi connectivity index (χ1n) is 7.33. The third-order valence-electron chi connectivity index (χ3n) is 4.30. The Morgan fingerprint density at radius 3 is 2.90 bits per heavy atom. The van der Waals surface area contributed by atoms with Gasteiger partial charge in [0.15, 0.2) is 11.5 Å². The molecule has 116 valence electrons. The van der Waals surface area contributed by atoms with Crippen LogP contribution >= 0.6 is 15.9 Å². The molecule has 0 bridgehead atoms. The molecule has 21 heavy (non-hydrogen) atoms. The molecule has 1 saturated heterocycles. The SMILES string of the molecule is CN1CC(CN)CC1c1c(O)c(Br)cc2c1OCCCO2.